The summed E-state index contributed by atoms with van der Waals surface area (Å²) in [6.45, 7) is 3.33. The maximum absolute atomic E-state index is 9.20. The molecule has 13 heavy (non-hydrogen) atoms. The maximum atomic E-state index is 9.20. The van der Waals surface area contributed by atoms with Crippen molar-refractivity contribution < 1.29 is 9.63 Å². The average Bonchev–Trinajstić information content (AvgIpc) is 2.64. The summed E-state index contributed by atoms with van der Waals surface area (Å²) in [7, 11) is 0. The molecule has 0 radical (unpaired) electrons. The lowest BCUT2D eigenvalue weighted by molar-refractivity contribution is 0.167. The third-order valence-corrected chi connectivity index (χ3v) is 1.78. The van der Waals surface area contributed by atoms with Crippen molar-refractivity contribution in [2.45, 2.75) is 25.9 Å². The van der Waals surface area contributed by atoms with Gasteiger partial charge in [0, 0.05) is 19.5 Å². The first kappa shape index (κ1) is 10.1. The molecule has 0 fully saturated rings. The van der Waals surface area contributed by atoms with E-state index in [0.717, 1.165) is 19.4 Å². The van der Waals surface area contributed by atoms with Gasteiger partial charge < -0.3 is 14.9 Å². The normalized spacial score (nSPS) is 13.1. The number of hydrogen-bond acceptors (Lipinski definition) is 5. The van der Waals surface area contributed by atoms with E-state index in [1.165, 1.54) is 6.39 Å². The zero-order valence-corrected chi connectivity index (χ0v) is 7.73. The summed E-state index contributed by atoms with van der Waals surface area (Å²) in [6, 6.07) is 0. The van der Waals surface area contributed by atoms with Crippen LogP contribution in [0.2, 0.25) is 0 Å². The van der Waals surface area contributed by atoms with Gasteiger partial charge in [-0.3, -0.25) is 0 Å². The van der Waals surface area contributed by atoms with E-state index in [1.807, 2.05) is 6.92 Å². The number of aliphatic hydroxyl groups excluding tert-OH is 1. The standard InChI is InChI=1S/C8H15N3O2/c1-2-7(12)5-9-4-3-8-10-6-13-11-8/h6-7,9,12H,2-5H2,1H3. The van der Waals surface area contributed by atoms with Gasteiger partial charge in [-0.05, 0) is 6.42 Å². The molecule has 0 saturated carbocycles. The highest BCUT2D eigenvalue weighted by Crippen LogP contribution is 1.89. The van der Waals surface area contributed by atoms with Gasteiger partial charge >= 0.3 is 0 Å². The largest absolute Gasteiger partial charge is 0.392 e. The third-order valence-electron chi connectivity index (χ3n) is 1.78. The molecule has 1 unspecified atom stereocenters. The smallest absolute Gasteiger partial charge is 0.213 e. The van der Waals surface area contributed by atoms with Crippen molar-refractivity contribution >= 4 is 0 Å². The Morgan fingerprint density at radius 3 is 3.15 bits per heavy atom. The molecule has 0 aliphatic heterocycles. The molecule has 0 spiro atoms. The van der Waals surface area contributed by atoms with Gasteiger partial charge in [-0.2, -0.15) is 4.98 Å². The Kier molecular flexibility index (Phi) is 4.42. The van der Waals surface area contributed by atoms with Gasteiger partial charge in [-0.25, -0.2) is 0 Å². The molecule has 0 aromatic carbocycles. The Bertz CT molecular complexity index is 213. The molecule has 5 heteroatoms. The van der Waals surface area contributed by atoms with Crippen LogP contribution in [0, 0.1) is 0 Å². The minimum atomic E-state index is -0.259. The summed E-state index contributed by atoms with van der Waals surface area (Å²) in [5.74, 6) is 0.693. The molecular formula is C8H15N3O2. The topological polar surface area (TPSA) is 71.2 Å². The van der Waals surface area contributed by atoms with E-state index in [4.69, 9.17) is 0 Å². The van der Waals surface area contributed by atoms with Crippen LogP contribution in [0.25, 0.3) is 0 Å². The first-order valence-corrected chi connectivity index (χ1v) is 4.47. The van der Waals surface area contributed by atoms with E-state index in [1.54, 1.807) is 0 Å². The predicted molar refractivity (Wildman–Crippen MR) is 47.2 cm³/mol. The molecule has 0 saturated heterocycles. The molecule has 1 aromatic rings. The van der Waals surface area contributed by atoms with Crippen LogP contribution in [0.5, 0.6) is 0 Å². The third kappa shape index (κ3) is 4.00. The Morgan fingerprint density at radius 1 is 1.69 bits per heavy atom. The molecule has 0 bridgehead atoms. The molecule has 74 valence electrons. The molecule has 2 N–H and O–H groups in total. The summed E-state index contributed by atoms with van der Waals surface area (Å²) < 4.78 is 4.58. The van der Waals surface area contributed by atoms with E-state index in [2.05, 4.69) is 20.0 Å². The van der Waals surface area contributed by atoms with Gasteiger partial charge in [0.1, 0.15) is 0 Å². The van der Waals surface area contributed by atoms with Crippen LogP contribution in [0.3, 0.4) is 0 Å². The number of nitrogens with zero attached hydrogens (tertiary/aromatic N) is 2. The lowest BCUT2D eigenvalue weighted by atomic mass is 10.3. The molecule has 0 amide bonds. The van der Waals surface area contributed by atoms with Crippen molar-refractivity contribution in [2.75, 3.05) is 13.1 Å². The number of nitrogens with one attached hydrogen (secondary N) is 1. The molecule has 1 rings (SSSR count). The molecule has 1 aromatic heterocycles. The van der Waals surface area contributed by atoms with Crippen molar-refractivity contribution in [3.05, 3.63) is 12.2 Å². The minimum Gasteiger partial charge on any atom is -0.392 e. The van der Waals surface area contributed by atoms with Crippen molar-refractivity contribution in [3.63, 3.8) is 0 Å². The van der Waals surface area contributed by atoms with Crippen molar-refractivity contribution in [1.82, 2.24) is 15.5 Å². The second-order valence-electron chi connectivity index (χ2n) is 2.86. The SMILES string of the molecule is CCC(O)CNCCc1ncon1. The molecule has 5 nitrogen and oxygen atoms in total. The van der Waals surface area contributed by atoms with Crippen molar-refractivity contribution in [3.8, 4) is 0 Å². The lowest BCUT2D eigenvalue weighted by Gasteiger charge is -2.07. The Balaban J connectivity index is 2.02. The second-order valence-corrected chi connectivity index (χ2v) is 2.86. The number of aromatic nitrogens is 2. The van der Waals surface area contributed by atoms with Crippen LogP contribution in [0.4, 0.5) is 0 Å². The number of aliphatic hydroxyl groups is 1. The summed E-state index contributed by atoms with van der Waals surface area (Å²) in [5.41, 5.74) is 0. The summed E-state index contributed by atoms with van der Waals surface area (Å²) in [6.07, 6.45) is 2.56. The zero-order valence-electron chi connectivity index (χ0n) is 7.73. The molecule has 1 atom stereocenters. The van der Waals surface area contributed by atoms with Gasteiger partial charge in [0.05, 0.1) is 6.10 Å². The molecule has 0 aliphatic rings. The average molecular weight is 185 g/mol. The summed E-state index contributed by atoms with van der Waals surface area (Å²) in [5, 5.41) is 16.0. The highest BCUT2D eigenvalue weighted by molar-refractivity contribution is 4.78. The maximum Gasteiger partial charge on any atom is 0.213 e. The Morgan fingerprint density at radius 2 is 2.54 bits per heavy atom. The highest BCUT2D eigenvalue weighted by Gasteiger charge is 2.00. The quantitative estimate of drug-likeness (QED) is 0.609. The van der Waals surface area contributed by atoms with Crippen LogP contribution < -0.4 is 5.32 Å². The Hall–Kier alpha value is -0.940. The van der Waals surface area contributed by atoms with Crippen LogP contribution in [-0.4, -0.2) is 34.4 Å². The monoisotopic (exact) mass is 185 g/mol. The van der Waals surface area contributed by atoms with Crippen LogP contribution in [-0.2, 0) is 6.42 Å². The molecule has 1 heterocycles. The first-order chi connectivity index (χ1) is 6.33. The minimum absolute atomic E-state index is 0.259. The molecular weight excluding hydrogens is 170 g/mol. The fourth-order valence-corrected chi connectivity index (χ4v) is 0.916. The van der Waals surface area contributed by atoms with E-state index in [0.29, 0.717) is 12.4 Å². The second kappa shape index (κ2) is 5.66. The van der Waals surface area contributed by atoms with Crippen LogP contribution in [0.1, 0.15) is 19.2 Å². The van der Waals surface area contributed by atoms with E-state index < -0.39 is 0 Å². The fraction of sp³-hybridized carbons (Fsp3) is 0.750. The van der Waals surface area contributed by atoms with Gasteiger partial charge in [0.2, 0.25) is 6.39 Å². The Labute approximate surface area is 77.2 Å². The van der Waals surface area contributed by atoms with Crippen LogP contribution >= 0.6 is 0 Å². The number of rotatable bonds is 6. The number of hydrogen-bond donors (Lipinski definition) is 2. The summed E-state index contributed by atoms with van der Waals surface area (Å²) in [4.78, 5) is 3.87. The predicted octanol–water partition coefficient (Wildman–Crippen LogP) is -0.0274. The van der Waals surface area contributed by atoms with E-state index in [-0.39, 0.29) is 6.10 Å². The highest BCUT2D eigenvalue weighted by atomic mass is 16.5. The zero-order chi connectivity index (χ0) is 9.52. The fourth-order valence-electron chi connectivity index (χ4n) is 0.916. The van der Waals surface area contributed by atoms with Crippen molar-refractivity contribution in [2.24, 2.45) is 0 Å². The van der Waals surface area contributed by atoms with Gasteiger partial charge in [-0.1, -0.05) is 12.1 Å². The van der Waals surface area contributed by atoms with Gasteiger partial charge in [0.15, 0.2) is 5.82 Å². The summed E-state index contributed by atoms with van der Waals surface area (Å²) >= 11 is 0. The molecule has 0 aliphatic carbocycles. The van der Waals surface area contributed by atoms with Crippen molar-refractivity contribution in [1.29, 1.82) is 0 Å². The van der Waals surface area contributed by atoms with Gasteiger partial charge in [-0.15, -0.1) is 0 Å². The van der Waals surface area contributed by atoms with E-state index >= 15 is 0 Å². The lowest BCUT2D eigenvalue weighted by Crippen LogP contribution is -2.28. The van der Waals surface area contributed by atoms with E-state index in [9.17, 15) is 5.11 Å². The van der Waals surface area contributed by atoms with Gasteiger partial charge in [0.25, 0.3) is 0 Å². The first-order valence-electron chi connectivity index (χ1n) is 4.47. The van der Waals surface area contributed by atoms with Crippen LogP contribution in [0.15, 0.2) is 10.9 Å².